The van der Waals surface area contributed by atoms with E-state index in [-0.39, 0.29) is 11.8 Å². The molecule has 1 heterocycles. The van der Waals surface area contributed by atoms with Crippen molar-refractivity contribution in [1.82, 2.24) is 4.90 Å². The van der Waals surface area contributed by atoms with Crippen LogP contribution in [-0.2, 0) is 4.79 Å². The lowest BCUT2D eigenvalue weighted by atomic mass is 10.0. The zero-order chi connectivity index (χ0) is 15.5. The number of hydrogen-bond donors (Lipinski definition) is 1. The molecule has 1 aromatic rings. The highest BCUT2D eigenvalue weighted by molar-refractivity contribution is 5.99. The first-order valence-corrected chi connectivity index (χ1v) is 7.95. The summed E-state index contributed by atoms with van der Waals surface area (Å²) in [4.78, 5) is 26.0. The highest BCUT2D eigenvalue weighted by Crippen LogP contribution is 2.29. The van der Waals surface area contributed by atoms with Gasteiger partial charge in [0.15, 0.2) is 0 Å². The number of carbonyl (C=O) groups excluding carboxylic acids is 2. The lowest BCUT2D eigenvalue weighted by Gasteiger charge is -2.14. The summed E-state index contributed by atoms with van der Waals surface area (Å²) in [5.41, 5.74) is 1.17. The van der Waals surface area contributed by atoms with E-state index in [1.807, 2.05) is 0 Å². The predicted molar refractivity (Wildman–Crippen MR) is 84.1 cm³/mol. The lowest BCUT2D eigenvalue weighted by Crippen LogP contribution is -2.27. The summed E-state index contributed by atoms with van der Waals surface area (Å²) in [6.45, 7) is 1.06. The summed E-state index contributed by atoms with van der Waals surface area (Å²) < 4.78 is 5.58. The van der Waals surface area contributed by atoms with Gasteiger partial charge in [0.05, 0.1) is 12.1 Å². The molecule has 0 unspecified atom stereocenters. The second-order valence-corrected chi connectivity index (χ2v) is 6.19. The highest BCUT2D eigenvalue weighted by Gasteiger charge is 2.22. The molecule has 0 aromatic heterocycles. The third-order valence-electron chi connectivity index (χ3n) is 4.47. The van der Waals surface area contributed by atoms with Gasteiger partial charge >= 0.3 is 0 Å². The van der Waals surface area contributed by atoms with Gasteiger partial charge in [0.1, 0.15) is 12.4 Å². The Labute approximate surface area is 130 Å². The Hall–Kier alpha value is -2.04. The van der Waals surface area contributed by atoms with Crippen LogP contribution in [0.1, 0.15) is 42.5 Å². The minimum absolute atomic E-state index is 0.0298. The van der Waals surface area contributed by atoms with E-state index in [1.54, 1.807) is 30.1 Å². The van der Waals surface area contributed by atoms with Crippen LogP contribution in [0.5, 0.6) is 5.75 Å². The Morgan fingerprint density at radius 2 is 2.14 bits per heavy atom. The van der Waals surface area contributed by atoms with E-state index >= 15 is 0 Å². The summed E-state index contributed by atoms with van der Waals surface area (Å²) in [6, 6.07) is 5.27. The third-order valence-corrected chi connectivity index (χ3v) is 4.47. The lowest BCUT2D eigenvalue weighted by molar-refractivity contribution is -0.117. The highest BCUT2D eigenvalue weighted by atomic mass is 16.5. The van der Waals surface area contributed by atoms with Crippen LogP contribution in [0.4, 0.5) is 5.69 Å². The standard InChI is InChI=1S/C17H22N2O3/c1-19-8-9-22-15-7-6-13(11-14(15)17(19)21)18-16(20)10-12-4-2-3-5-12/h6-7,11-12H,2-5,8-10H2,1H3,(H,18,20). The third kappa shape index (κ3) is 3.24. The molecule has 1 fully saturated rings. The van der Waals surface area contributed by atoms with Crippen LogP contribution in [0, 0.1) is 5.92 Å². The molecule has 5 nitrogen and oxygen atoms in total. The van der Waals surface area contributed by atoms with Crippen LogP contribution in [0.25, 0.3) is 0 Å². The van der Waals surface area contributed by atoms with Gasteiger partial charge in [0, 0.05) is 19.2 Å². The second-order valence-electron chi connectivity index (χ2n) is 6.19. The fourth-order valence-electron chi connectivity index (χ4n) is 3.19. The molecule has 118 valence electrons. The minimum Gasteiger partial charge on any atom is -0.491 e. The van der Waals surface area contributed by atoms with Crippen LogP contribution in [-0.4, -0.2) is 36.9 Å². The molecule has 1 saturated carbocycles. The number of hydrogen-bond acceptors (Lipinski definition) is 3. The van der Waals surface area contributed by atoms with E-state index in [4.69, 9.17) is 4.74 Å². The van der Waals surface area contributed by atoms with Crippen molar-refractivity contribution in [3.8, 4) is 5.75 Å². The van der Waals surface area contributed by atoms with Crippen LogP contribution >= 0.6 is 0 Å². The minimum atomic E-state index is -0.0700. The molecule has 0 radical (unpaired) electrons. The zero-order valence-corrected chi connectivity index (χ0v) is 12.9. The van der Waals surface area contributed by atoms with E-state index in [2.05, 4.69) is 5.32 Å². The first-order chi connectivity index (χ1) is 10.6. The summed E-state index contributed by atoms with van der Waals surface area (Å²) in [5.74, 6) is 1.06. The average molecular weight is 302 g/mol. The van der Waals surface area contributed by atoms with Gasteiger partial charge in [-0.3, -0.25) is 9.59 Å². The molecule has 1 aliphatic heterocycles. The number of ether oxygens (including phenoxy) is 1. The van der Waals surface area contributed by atoms with Gasteiger partial charge in [-0.25, -0.2) is 0 Å². The fourth-order valence-corrected chi connectivity index (χ4v) is 3.19. The number of anilines is 1. The van der Waals surface area contributed by atoms with Crippen molar-refractivity contribution in [3.05, 3.63) is 23.8 Å². The maximum absolute atomic E-state index is 12.3. The molecule has 0 bridgehead atoms. The Kier molecular flexibility index (Phi) is 4.32. The van der Waals surface area contributed by atoms with Crippen LogP contribution in [0.3, 0.4) is 0 Å². The predicted octanol–water partition coefficient (Wildman–Crippen LogP) is 2.67. The quantitative estimate of drug-likeness (QED) is 0.934. The first-order valence-electron chi connectivity index (χ1n) is 7.95. The van der Waals surface area contributed by atoms with Gasteiger partial charge in [-0.1, -0.05) is 12.8 Å². The maximum Gasteiger partial charge on any atom is 0.257 e. The first kappa shape index (κ1) is 14.9. The van der Waals surface area contributed by atoms with Crippen molar-refractivity contribution in [2.45, 2.75) is 32.1 Å². The molecule has 5 heteroatoms. The van der Waals surface area contributed by atoms with Crippen LogP contribution in [0.2, 0.25) is 0 Å². The van der Waals surface area contributed by atoms with Gasteiger partial charge in [0.25, 0.3) is 5.91 Å². The topological polar surface area (TPSA) is 58.6 Å². The van der Waals surface area contributed by atoms with Crippen molar-refractivity contribution >= 4 is 17.5 Å². The average Bonchev–Trinajstić information content (AvgIpc) is 2.95. The summed E-state index contributed by atoms with van der Waals surface area (Å²) in [5, 5.41) is 2.91. The molecule has 22 heavy (non-hydrogen) atoms. The van der Waals surface area contributed by atoms with E-state index < -0.39 is 0 Å². The monoisotopic (exact) mass is 302 g/mol. The van der Waals surface area contributed by atoms with Crippen molar-refractivity contribution in [2.24, 2.45) is 5.92 Å². The number of fused-ring (bicyclic) bond motifs is 1. The number of amides is 2. The molecule has 1 aromatic carbocycles. The van der Waals surface area contributed by atoms with Gasteiger partial charge < -0.3 is 15.0 Å². The van der Waals surface area contributed by atoms with Gasteiger partial charge in [0.2, 0.25) is 5.91 Å². The SMILES string of the molecule is CN1CCOc2ccc(NC(=O)CC3CCCC3)cc2C1=O. The second kappa shape index (κ2) is 6.38. The van der Waals surface area contributed by atoms with Crippen molar-refractivity contribution in [3.63, 3.8) is 0 Å². The summed E-state index contributed by atoms with van der Waals surface area (Å²) in [6.07, 6.45) is 5.33. The molecule has 0 spiro atoms. The maximum atomic E-state index is 12.3. The van der Waals surface area contributed by atoms with Crippen molar-refractivity contribution < 1.29 is 14.3 Å². The number of nitrogens with zero attached hydrogens (tertiary/aromatic N) is 1. The van der Waals surface area contributed by atoms with E-state index in [9.17, 15) is 9.59 Å². The molecule has 2 amide bonds. The molecule has 3 rings (SSSR count). The Balaban J connectivity index is 1.71. The number of nitrogens with one attached hydrogen (secondary N) is 1. The van der Waals surface area contributed by atoms with Gasteiger partial charge in [-0.2, -0.15) is 0 Å². The van der Waals surface area contributed by atoms with Crippen molar-refractivity contribution in [2.75, 3.05) is 25.5 Å². The zero-order valence-electron chi connectivity index (χ0n) is 12.9. The molecule has 1 N–H and O–H groups in total. The number of benzene rings is 1. The molecule has 0 atom stereocenters. The van der Waals surface area contributed by atoms with Gasteiger partial charge in [-0.05, 0) is 37.0 Å². The fraction of sp³-hybridized carbons (Fsp3) is 0.529. The molecule has 0 saturated heterocycles. The summed E-state index contributed by atoms with van der Waals surface area (Å²) in [7, 11) is 1.76. The largest absolute Gasteiger partial charge is 0.491 e. The van der Waals surface area contributed by atoms with E-state index in [0.717, 1.165) is 12.8 Å². The molecule has 1 aliphatic carbocycles. The Morgan fingerprint density at radius 1 is 1.36 bits per heavy atom. The Bertz CT molecular complexity index is 579. The molecular formula is C17H22N2O3. The van der Waals surface area contributed by atoms with E-state index in [0.29, 0.717) is 42.5 Å². The summed E-state index contributed by atoms with van der Waals surface area (Å²) >= 11 is 0. The van der Waals surface area contributed by atoms with Crippen LogP contribution in [0.15, 0.2) is 18.2 Å². The van der Waals surface area contributed by atoms with Gasteiger partial charge in [-0.15, -0.1) is 0 Å². The number of carbonyl (C=O) groups is 2. The van der Waals surface area contributed by atoms with E-state index in [1.165, 1.54) is 12.8 Å². The molecule has 2 aliphatic rings. The van der Waals surface area contributed by atoms with Crippen LogP contribution < -0.4 is 10.1 Å². The van der Waals surface area contributed by atoms with Crippen molar-refractivity contribution in [1.29, 1.82) is 0 Å². The normalized spacial score (nSPS) is 18.6. The number of rotatable bonds is 3. The smallest absolute Gasteiger partial charge is 0.257 e. The molecular weight excluding hydrogens is 280 g/mol. The number of likely N-dealkylation sites (N-methyl/N-ethyl adjacent to an activating group) is 1. The Morgan fingerprint density at radius 3 is 2.91 bits per heavy atom.